The van der Waals surface area contributed by atoms with E-state index in [-0.39, 0.29) is 18.8 Å². The smallest absolute Gasteiger partial charge is 0.0984 e. The summed E-state index contributed by atoms with van der Waals surface area (Å²) in [5.74, 6) is 0. The summed E-state index contributed by atoms with van der Waals surface area (Å²) in [7, 11) is 0. The topological polar surface area (TPSA) is 44.7 Å². The number of aliphatic hydroxyl groups excluding tert-OH is 1. The number of morpholine rings is 1. The number of benzene rings is 1. The van der Waals surface area contributed by atoms with Crippen molar-refractivity contribution in [1.29, 1.82) is 0 Å². The van der Waals surface area contributed by atoms with Gasteiger partial charge < -0.3 is 20.1 Å². The molecule has 2 fully saturated rings. The van der Waals surface area contributed by atoms with Crippen LogP contribution in [0.5, 0.6) is 0 Å². The van der Waals surface area contributed by atoms with Crippen molar-refractivity contribution < 1.29 is 9.84 Å². The summed E-state index contributed by atoms with van der Waals surface area (Å²) in [5, 5.41) is 13.6. The van der Waals surface area contributed by atoms with Gasteiger partial charge >= 0.3 is 0 Å². The highest BCUT2D eigenvalue weighted by Crippen LogP contribution is 2.30. The van der Waals surface area contributed by atoms with E-state index in [1.165, 1.54) is 18.4 Å². The number of anilines is 1. The molecule has 2 N–H and O–H groups in total. The Balaban J connectivity index is 1.68. The van der Waals surface area contributed by atoms with Gasteiger partial charge in [0.1, 0.15) is 0 Å². The predicted octanol–water partition coefficient (Wildman–Crippen LogP) is 2.18. The number of hydrogen-bond acceptors (Lipinski definition) is 4. The van der Waals surface area contributed by atoms with Gasteiger partial charge in [0.05, 0.1) is 29.5 Å². The Kier molecular flexibility index (Phi) is 4.69. The molecular formula is C16H23ClN2O2. The van der Waals surface area contributed by atoms with Gasteiger partial charge in [0.2, 0.25) is 0 Å². The maximum Gasteiger partial charge on any atom is 0.0984 e. The van der Waals surface area contributed by atoms with Crippen molar-refractivity contribution in [3.05, 3.63) is 28.8 Å². The lowest BCUT2D eigenvalue weighted by Gasteiger charge is -2.38. The molecule has 5 heteroatoms. The zero-order valence-electron chi connectivity index (χ0n) is 12.4. The van der Waals surface area contributed by atoms with E-state index < -0.39 is 0 Å². The van der Waals surface area contributed by atoms with Gasteiger partial charge in [-0.25, -0.2) is 0 Å². The van der Waals surface area contributed by atoms with Gasteiger partial charge in [-0.05, 0) is 37.5 Å². The highest BCUT2D eigenvalue weighted by Gasteiger charge is 2.26. The van der Waals surface area contributed by atoms with E-state index in [0.717, 1.165) is 23.8 Å². The van der Waals surface area contributed by atoms with Crippen LogP contribution in [-0.4, -0.2) is 43.1 Å². The SMILES string of the molecule is CC1CN(c2ccc(CNC3CC3)cc2Cl)CC(CO)O1. The lowest BCUT2D eigenvalue weighted by Crippen LogP contribution is -2.48. The summed E-state index contributed by atoms with van der Waals surface area (Å²) in [6, 6.07) is 6.96. The molecule has 0 aromatic heterocycles. The Labute approximate surface area is 131 Å². The van der Waals surface area contributed by atoms with Crippen LogP contribution < -0.4 is 10.2 Å². The molecule has 1 heterocycles. The Morgan fingerprint density at radius 2 is 2.19 bits per heavy atom. The first-order valence-corrected chi connectivity index (χ1v) is 8.06. The molecule has 1 aliphatic heterocycles. The van der Waals surface area contributed by atoms with E-state index in [2.05, 4.69) is 22.3 Å². The van der Waals surface area contributed by atoms with Crippen LogP contribution >= 0.6 is 11.6 Å². The van der Waals surface area contributed by atoms with Gasteiger partial charge in [-0.3, -0.25) is 0 Å². The molecule has 4 nitrogen and oxygen atoms in total. The van der Waals surface area contributed by atoms with Gasteiger partial charge in [0, 0.05) is 25.7 Å². The molecule has 2 aliphatic rings. The van der Waals surface area contributed by atoms with Crippen LogP contribution in [0.25, 0.3) is 0 Å². The Bertz CT molecular complexity index is 493. The fraction of sp³-hybridized carbons (Fsp3) is 0.625. The fourth-order valence-electron chi connectivity index (χ4n) is 2.81. The second kappa shape index (κ2) is 6.53. The number of rotatable bonds is 5. The molecule has 0 amide bonds. The van der Waals surface area contributed by atoms with Crippen LogP contribution in [0.2, 0.25) is 5.02 Å². The molecule has 0 radical (unpaired) electrons. The number of halogens is 1. The number of aliphatic hydroxyl groups is 1. The molecule has 1 aromatic rings. The first kappa shape index (κ1) is 15.1. The molecule has 0 bridgehead atoms. The van der Waals surface area contributed by atoms with Crippen molar-refractivity contribution in [2.45, 2.75) is 44.6 Å². The minimum atomic E-state index is -0.138. The molecule has 1 saturated carbocycles. The van der Waals surface area contributed by atoms with Crippen molar-refractivity contribution in [3.8, 4) is 0 Å². The average Bonchev–Trinajstić information content (AvgIpc) is 3.28. The maximum atomic E-state index is 9.32. The van der Waals surface area contributed by atoms with Gasteiger partial charge in [0.15, 0.2) is 0 Å². The molecule has 3 rings (SSSR count). The maximum absolute atomic E-state index is 9.32. The van der Waals surface area contributed by atoms with E-state index in [1.54, 1.807) is 0 Å². The van der Waals surface area contributed by atoms with Crippen molar-refractivity contribution >= 4 is 17.3 Å². The third kappa shape index (κ3) is 3.89. The Morgan fingerprint density at radius 3 is 2.86 bits per heavy atom. The van der Waals surface area contributed by atoms with E-state index in [0.29, 0.717) is 12.6 Å². The highest BCUT2D eigenvalue weighted by molar-refractivity contribution is 6.33. The standard InChI is InChI=1S/C16H23ClN2O2/c1-11-8-19(9-14(10-20)21-11)16-5-2-12(6-15(16)17)7-18-13-3-4-13/h2,5-6,11,13-14,18,20H,3-4,7-10H2,1H3. The molecule has 1 saturated heterocycles. The molecule has 1 aromatic carbocycles. The van der Waals surface area contributed by atoms with Crippen LogP contribution in [-0.2, 0) is 11.3 Å². The molecule has 1 aliphatic carbocycles. The Hall–Kier alpha value is -0.810. The zero-order chi connectivity index (χ0) is 14.8. The number of nitrogens with zero attached hydrogens (tertiary/aromatic N) is 1. The van der Waals surface area contributed by atoms with Gasteiger partial charge in [-0.2, -0.15) is 0 Å². The van der Waals surface area contributed by atoms with E-state index in [9.17, 15) is 5.11 Å². The minimum absolute atomic E-state index is 0.0435. The van der Waals surface area contributed by atoms with Crippen LogP contribution in [0.15, 0.2) is 18.2 Å². The highest BCUT2D eigenvalue weighted by atomic mass is 35.5. The van der Waals surface area contributed by atoms with Crippen molar-refractivity contribution in [1.82, 2.24) is 5.32 Å². The van der Waals surface area contributed by atoms with Crippen molar-refractivity contribution in [2.24, 2.45) is 0 Å². The van der Waals surface area contributed by atoms with E-state index in [1.807, 2.05) is 13.0 Å². The van der Waals surface area contributed by atoms with Crippen LogP contribution in [0.4, 0.5) is 5.69 Å². The molecule has 2 atom stereocenters. The first-order valence-electron chi connectivity index (χ1n) is 7.69. The molecular weight excluding hydrogens is 288 g/mol. The third-order valence-electron chi connectivity index (χ3n) is 4.05. The number of nitrogens with one attached hydrogen (secondary N) is 1. The quantitative estimate of drug-likeness (QED) is 0.875. The van der Waals surface area contributed by atoms with Crippen molar-refractivity contribution in [3.63, 3.8) is 0 Å². The molecule has 2 unspecified atom stereocenters. The number of ether oxygens (including phenoxy) is 1. The second-order valence-electron chi connectivity index (χ2n) is 6.10. The van der Waals surface area contributed by atoms with Gasteiger partial charge in [-0.1, -0.05) is 17.7 Å². The third-order valence-corrected chi connectivity index (χ3v) is 4.36. The summed E-state index contributed by atoms with van der Waals surface area (Å²) in [5.41, 5.74) is 2.25. The van der Waals surface area contributed by atoms with Crippen LogP contribution in [0, 0.1) is 0 Å². The van der Waals surface area contributed by atoms with Gasteiger partial charge in [-0.15, -0.1) is 0 Å². The number of hydrogen-bond donors (Lipinski definition) is 2. The lowest BCUT2D eigenvalue weighted by molar-refractivity contribution is -0.0421. The molecule has 21 heavy (non-hydrogen) atoms. The first-order chi connectivity index (χ1) is 10.2. The average molecular weight is 311 g/mol. The molecule has 0 spiro atoms. The zero-order valence-corrected chi connectivity index (χ0v) is 13.1. The summed E-state index contributed by atoms with van der Waals surface area (Å²) < 4.78 is 5.68. The lowest BCUT2D eigenvalue weighted by atomic mass is 10.1. The summed E-state index contributed by atoms with van der Waals surface area (Å²) in [6.45, 7) is 4.43. The summed E-state index contributed by atoms with van der Waals surface area (Å²) in [4.78, 5) is 2.20. The molecule has 116 valence electrons. The predicted molar refractivity (Wildman–Crippen MR) is 84.9 cm³/mol. The van der Waals surface area contributed by atoms with Crippen LogP contribution in [0.1, 0.15) is 25.3 Å². The summed E-state index contributed by atoms with van der Waals surface area (Å²) in [6.07, 6.45) is 2.55. The van der Waals surface area contributed by atoms with Gasteiger partial charge in [0.25, 0.3) is 0 Å². The van der Waals surface area contributed by atoms with Crippen LogP contribution in [0.3, 0.4) is 0 Å². The van der Waals surface area contributed by atoms with E-state index >= 15 is 0 Å². The minimum Gasteiger partial charge on any atom is -0.394 e. The Morgan fingerprint density at radius 1 is 1.38 bits per heavy atom. The van der Waals surface area contributed by atoms with Crippen molar-refractivity contribution in [2.75, 3.05) is 24.6 Å². The van der Waals surface area contributed by atoms with E-state index in [4.69, 9.17) is 16.3 Å². The second-order valence-corrected chi connectivity index (χ2v) is 6.50. The largest absolute Gasteiger partial charge is 0.394 e. The fourth-order valence-corrected chi connectivity index (χ4v) is 3.13. The summed E-state index contributed by atoms with van der Waals surface area (Å²) >= 11 is 6.46. The monoisotopic (exact) mass is 310 g/mol. The normalized spacial score (nSPS) is 26.1.